The van der Waals surface area contributed by atoms with E-state index in [4.69, 9.17) is 11.0 Å². The van der Waals surface area contributed by atoms with Gasteiger partial charge in [0.2, 0.25) is 0 Å². The van der Waals surface area contributed by atoms with Crippen LogP contribution in [0.2, 0.25) is 0 Å². The highest BCUT2D eigenvalue weighted by Gasteiger charge is 2.13. The average Bonchev–Trinajstić information content (AvgIpc) is 2.46. The molecule has 19 heavy (non-hydrogen) atoms. The molecule has 1 rings (SSSR count). The first-order valence-corrected chi connectivity index (χ1v) is 6.18. The Hall–Kier alpha value is -2.30. The molecular formula is C15H17N3O. The highest BCUT2D eigenvalue weighted by Crippen LogP contribution is 2.08. The van der Waals surface area contributed by atoms with E-state index in [1.807, 2.05) is 19.1 Å². The van der Waals surface area contributed by atoms with E-state index in [2.05, 4.69) is 11.8 Å². The number of hydrogen-bond donors (Lipinski definition) is 1. The Morgan fingerprint density at radius 3 is 2.89 bits per heavy atom. The number of carbonyl (C=O) groups excluding carboxylic acids is 1. The second kappa shape index (κ2) is 7.92. The molecule has 0 fully saturated rings. The first-order chi connectivity index (χ1) is 9.22. The van der Waals surface area contributed by atoms with Crippen molar-refractivity contribution in [3.05, 3.63) is 35.4 Å². The molecule has 4 heteroatoms. The molecule has 0 unspecified atom stereocenters. The molecule has 0 aliphatic rings. The normalized spacial score (nSPS) is 9.11. The van der Waals surface area contributed by atoms with Gasteiger partial charge in [0.15, 0.2) is 0 Å². The Kier molecular flexibility index (Phi) is 6.15. The Bertz CT molecular complexity index is 534. The van der Waals surface area contributed by atoms with Crippen molar-refractivity contribution in [1.29, 1.82) is 5.26 Å². The van der Waals surface area contributed by atoms with Crippen LogP contribution in [0.3, 0.4) is 0 Å². The molecule has 1 aromatic rings. The van der Waals surface area contributed by atoms with E-state index in [-0.39, 0.29) is 5.91 Å². The maximum Gasteiger partial charge on any atom is 0.253 e. The van der Waals surface area contributed by atoms with Crippen molar-refractivity contribution >= 4 is 5.91 Å². The Morgan fingerprint density at radius 1 is 1.47 bits per heavy atom. The van der Waals surface area contributed by atoms with Crippen molar-refractivity contribution in [3.8, 4) is 17.9 Å². The van der Waals surface area contributed by atoms with E-state index in [9.17, 15) is 4.79 Å². The summed E-state index contributed by atoms with van der Waals surface area (Å²) in [6, 6.07) is 9.19. The molecule has 0 aromatic heterocycles. The summed E-state index contributed by atoms with van der Waals surface area (Å²) in [5, 5.41) is 8.59. The lowest BCUT2D eigenvalue weighted by atomic mass is 10.1. The van der Waals surface area contributed by atoms with E-state index >= 15 is 0 Å². The van der Waals surface area contributed by atoms with E-state index < -0.39 is 0 Å². The summed E-state index contributed by atoms with van der Waals surface area (Å²) in [4.78, 5) is 13.9. The third-order valence-electron chi connectivity index (χ3n) is 2.61. The molecule has 4 nitrogen and oxygen atoms in total. The highest BCUT2D eigenvalue weighted by molar-refractivity contribution is 5.94. The predicted octanol–water partition coefficient (Wildman–Crippen LogP) is 1.37. The van der Waals surface area contributed by atoms with Gasteiger partial charge in [0.25, 0.3) is 5.91 Å². The standard InChI is InChI=1S/C15H17N3O/c1-2-18(11-5-10-17)15(19)14-8-3-6-13(12-14)7-4-9-16/h3,6,8,12H,2,5,9,11,16H2,1H3. The minimum Gasteiger partial charge on any atom is -0.338 e. The number of carbonyl (C=O) groups is 1. The number of benzene rings is 1. The van der Waals surface area contributed by atoms with Gasteiger partial charge in [-0.3, -0.25) is 4.79 Å². The quantitative estimate of drug-likeness (QED) is 0.826. The van der Waals surface area contributed by atoms with Crippen molar-refractivity contribution in [2.75, 3.05) is 19.6 Å². The molecule has 2 N–H and O–H groups in total. The number of hydrogen-bond acceptors (Lipinski definition) is 3. The monoisotopic (exact) mass is 255 g/mol. The summed E-state index contributed by atoms with van der Waals surface area (Å²) in [6.07, 6.45) is 0.340. The van der Waals surface area contributed by atoms with Gasteiger partial charge in [-0.05, 0) is 25.1 Å². The van der Waals surface area contributed by atoms with Gasteiger partial charge in [-0.1, -0.05) is 17.9 Å². The molecule has 0 aliphatic carbocycles. The van der Waals surface area contributed by atoms with Crippen LogP contribution in [0.1, 0.15) is 29.3 Å². The van der Waals surface area contributed by atoms with Gasteiger partial charge in [-0.25, -0.2) is 0 Å². The van der Waals surface area contributed by atoms with Crippen LogP contribution >= 0.6 is 0 Å². The van der Waals surface area contributed by atoms with Gasteiger partial charge in [0.05, 0.1) is 19.0 Å². The SMILES string of the molecule is CCN(CCC#N)C(=O)c1cccc(C#CCN)c1. The zero-order chi connectivity index (χ0) is 14.1. The van der Waals surface area contributed by atoms with E-state index in [0.29, 0.717) is 31.6 Å². The number of nitrogens with two attached hydrogens (primary N) is 1. The van der Waals surface area contributed by atoms with Crippen LogP contribution in [-0.4, -0.2) is 30.4 Å². The van der Waals surface area contributed by atoms with Gasteiger partial charge in [-0.15, -0.1) is 0 Å². The van der Waals surface area contributed by atoms with Crippen LogP contribution in [-0.2, 0) is 0 Å². The molecular weight excluding hydrogens is 238 g/mol. The smallest absolute Gasteiger partial charge is 0.253 e. The number of nitriles is 1. The van der Waals surface area contributed by atoms with E-state index in [0.717, 1.165) is 5.56 Å². The van der Waals surface area contributed by atoms with Crippen molar-refractivity contribution in [1.82, 2.24) is 4.90 Å². The Morgan fingerprint density at radius 2 is 2.26 bits per heavy atom. The zero-order valence-corrected chi connectivity index (χ0v) is 11.0. The summed E-state index contributed by atoms with van der Waals surface area (Å²) in [6.45, 7) is 3.22. The fourth-order valence-corrected chi connectivity index (χ4v) is 1.65. The van der Waals surface area contributed by atoms with Crippen LogP contribution in [0.4, 0.5) is 0 Å². The molecule has 0 aliphatic heterocycles. The van der Waals surface area contributed by atoms with Crippen molar-refractivity contribution in [3.63, 3.8) is 0 Å². The predicted molar refractivity (Wildman–Crippen MR) is 74.2 cm³/mol. The van der Waals surface area contributed by atoms with Crippen molar-refractivity contribution in [2.45, 2.75) is 13.3 Å². The van der Waals surface area contributed by atoms with Gasteiger partial charge < -0.3 is 10.6 Å². The van der Waals surface area contributed by atoms with Crippen LogP contribution in [0, 0.1) is 23.2 Å². The summed E-state index contributed by atoms with van der Waals surface area (Å²) < 4.78 is 0. The largest absolute Gasteiger partial charge is 0.338 e. The lowest BCUT2D eigenvalue weighted by Gasteiger charge is -2.19. The molecule has 0 heterocycles. The number of amides is 1. The fourth-order valence-electron chi connectivity index (χ4n) is 1.65. The van der Waals surface area contributed by atoms with Gasteiger partial charge in [0.1, 0.15) is 0 Å². The number of nitrogens with zero attached hydrogens (tertiary/aromatic N) is 2. The topological polar surface area (TPSA) is 70.1 Å². The van der Waals surface area contributed by atoms with Gasteiger partial charge in [-0.2, -0.15) is 5.26 Å². The summed E-state index contributed by atoms with van der Waals surface area (Å²) in [5.41, 5.74) is 6.68. The fraction of sp³-hybridized carbons (Fsp3) is 0.333. The third kappa shape index (κ3) is 4.46. The molecule has 0 saturated heterocycles. The number of rotatable bonds is 4. The minimum absolute atomic E-state index is 0.0749. The van der Waals surface area contributed by atoms with Gasteiger partial charge >= 0.3 is 0 Å². The molecule has 0 atom stereocenters. The molecule has 0 saturated carbocycles. The van der Waals surface area contributed by atoms with Crippen molar-refractivity contribution in [2.24, 2.45) is 5.73 Å². The van der Waals surface area contributed by atoms with Crippen LogP contribution in [0.25, 0.3) is 0 Å². The van der Waals surface area contributed by atoms with Crippen molar-refractivity contribution < 1.29 is 4.79 Å². The average molecular weight is 255 g/mol. The summed E-state index contributed by atoms with van der Waals surface area (Å²) in [5.74, 6) is 5.58. The molecule has 0 spiro atoms. The van der Waals surface area contributed by atoms with E-state index in [1.165, 1.54) is 0 Å². The first-order valence-electron chi connectivity index (χ1n) is 6.18. The van der Waals surface area contributed by atoms with Gasteiger partial charge in [0, 0.05) is 24.2 Å². The summed E-state index contributed by atoms with van der Waals surface area (Å²) >= 11 is 0. The second-order valence-electron chi connectivity index (χ2n) is 3.88. The second-order valence-corrected chi connectivity index (χ2v) is 3.88. The van der Waals surface area contributed by atoms with Crippen LogP contribution in [0.5, 0.6) is 0 Å². The lowest BCUT2D eigenvalue weighted by molar-refractivity contribution is 0.0768. The molecule has 0 radical (unpaired) electrons. The Balaban J connectivity index is 2.89. The molecule has 98 valence electrons. The third-order valence-corrected chi connectivity index (χ3v) is 2.61. The maximum atomic E-state index is 12.3. The molecule has 1 aromatic carbocycles. The first kappa shape index (κ1) is 14.8. The highest BCUT2D eigenvalue weighted by atomic mass is 16.2. The van der Waals surface area contributed by atoms with Crippen LogP contribution < -0.4 is 5.73 Å². The lowest BCUT2D eigenvalue weighted by Crippen LogP contribution is -2.31. The minimum atomic E-state index is -0.0749. The zero-order valence-electron chi connectivity index (χ0n) is 11.0. The van der Waals surface area contributed by atoms with Crippen LogP contribution in [0.15, 0.2) is 24.3 Å². The molecule has 1 amide bonds. The molecule has 0 bridgehead atoms. The summed E-state index contributed by atoms with van der Waals surface area (Å²) in [7, 11) is 0. The van der Waals surface area contributed by atoms with E-state index in [1.54, 1.807) is 23.1 Å². The maximum absolute atomic E-state index is 12.3. The Labute approximate surface area is 113 Å².